The summed E-state index contributed by atoms with van der Waals surface area (Å²) >= 11 is 0. The summed E-state index contributed by atoms with van der Waals surface area (Å²) in [6.45, 7) is 0.658. The number of nitrogens with one attached hydrogen (secondary N) is 2. The normalized spacial score (nSPS) is 10.5. The number of anilines is 2. The van der Waals surface area contributed by atoms with E-state index in [-0.39, 0.29) is 5.56 Å². The number of pyridine rings is 1. The van der Waals surface area contributed by atoms with Gasteiger partial charge in [0.1, 0.15) is 5.82 Å². The summed E-state index contributed by atoms with van der Waals surface area (Å²) in [7, 11) is 0. The van der Waals surface area contributed by atoms with Gasteiger partial charge in [-0.25, -0.2) is 18.2 Å². The van der Waals surface area contributed by atoms with Gasteiger partial charge in [0.05, 0.1) is 5.69 Å². The second-order valence-corrected chi connectivity index (χ2v) is 6.12. The molecule has 0 unspecified atom stereocenters. The molecule has 0 atom stereocenters. The molecule has 0 saturated carbocycles. The zero-order valence-corrected chi connectivity index (χ0v) is 14.9. The molecule has 7 heteroatoms. The van der Waals surface area contributed by atoms with E-state index in [2.05, 4.69) is 27.8 Å². The number of benzene rings is 2. The maximum atomic E-state index is 13.7. The zero-order valence-electron chi connectivity index (χ0n) is 14.9. The second-order valence-electron chi connectivity index (χ2n) is 6.12. The Hall–Kier alpha value is -3.35. The first-order chi connectivity index (χ1) is 13.5. The standard InChI is InChI=1S/C21H18F3N3O/c22-16-8-9-17(20(24)19(16)23)27-21(28)15-10-12-26-18(13-15)25-11-4-7-14-5-2-1-3-6-14/h1-3,5-6,8-10,12-13H,4,7,11H2,(H,25,26)(H,27,28). The van der Waals surface area contributed by atoms with Crippen LogP contribution in [0.1, 0.15) is 22.3 Å². The Morgan fingerprint density at radius 1 is 0.964 bits per heavy atom. The molecule has 0 radical (unpaired) electrons. The monoisotopic (exact) mass is 385 g/mol. The van der Waals surface area contributed by atoms with E-state index < -0.39 is 29.0 Å². The largest absolute Gasteiger partial charge is 0.370 e. The number of aryl methyl sites for hydroxylation is 1. The molecule has 0 aliphatic rings. The fourth-order valence-corrected chi connectivity index (χ4v) is 2.64. The Morgan fingerprint density at radius 2 is 1.75 bits per heavy atom. The summed E-state index contributed by atoms with van der Waals surface area (Å²) < 4.78 is 40.0. The summed E-state index contributed by atoms with van der Waals surface area (Å²) in [6.07, 6.45) is 3.22. The predicted octanol–water partition coefficient (Wildman–Crippen LogP) is 4.80. The number of aromatic nitrogens is 1. The summed E-state index contributed by atoms with van der Waals surface area (Å²) in [5.41, 5.74) is 1.02. The summed E-state index contributed by atoms with van der Waals surface area (Å²) in [4.78, 5) is 16.4. The van der Waals surface area contributed by atoms with Gasteiger partial charge < -0.3 is 10.6 Å². The van der Waals surface area contributed by atoms with Crippen LogP contribution in [0.5, 0.6) is 0 Å². The average Bonchev–Trinajstić information content (AvgIpc) is 2.72. The number of carbonyl (C=O) groups excluding carboxylic acids is 1. The molecule has 0 aliphatic carbocycles. The number of hydrogen-bond donors (Lipinski definition) is 2. The molecule has 28 heavy (non-hydrogen) atoms. The smallest absolute Gasteiger partial charge is 0.255 e. The minimum absolute atomic E-state index is 0.213. The number of halogens is 3. The quantitative estimate of drug-likeness (QED) is 0.454. The molecule has 1 aromatic heterocycles. The van der Waals surface area contributed by atoms with Gasteiger partial charge in [-0.05, 0) is 42.7 Å². The molecule has 2 N–H and O–H groups in total. The summed E-state index contributed by atoms with van der Waals surface area (Å²) in [6, 6.07) is 14.7. The lowest BCUT2D eigenvalue weighted by molar-refractivity contribution is 0.102. The van der Waals surface area contributed by atoms with Crippen molar-refractivity contribution in [3.05, 3.63) is 89.4 Å². The van der Waals surface area contributed by atoms with E-state index in [1.54, 1.807) is 0 Å². The highest BCUT2D eigenvalue weighted by atomic mass is 19.2. The van der Waals surface area contributed by atoms with Crippen molar-refractivity contribution in [2.24, 2.45) is 0 Å². The Labute approximate surface area is 160 Å². The third kappa shape index (κ3) is 4.88. The van der Waals surface area contributed by atoms with Gasteiger partial charge in [-0.15, -0.1) is 0 Å². The van der Waals surface area contributed by atoms with Crippen LogP contribution in [0.25, 0.3) is 0 Å². The molecule has 4 nitrogen and oxygen atoms in total. The predicted molar refractivity (Wildman–Crippen MR) is 102 cm³/mol. The molecule has 1 heterocycles. The zero-order chi connectivity index (χ0) is 19.9. The minimum Gasteiger partial charge on any atom is -0.370 e. The highest BCUT2D eigenvalue weighted by Gasteiger charge is 2.16. The van der Waals surface area contributed by atoms with Crippen LogP contribution in [0.4, 0.5) is 24.7 Å². The van der Waals surface area contributed by atoms with Crippen LogP contribution in [0, 0.1) is 17.5 Å². The van der Waals surface area contributed by atoms with E-state index >= 15 is 0 Å². The van der Waals surface area contributed by atoms with Crippen molar-refractivity contribution in [3.8, 4) is 0 Å². The number of nitrogens with zero attached hydrogens (tertiary/aromatic N) is 1. The molecule has 0 aliphatic heterocycles. The van der Waals surface area contributed by atoms with Crippen molar-refractivity contribution < 1.29 is 18.0 Å². The average molecular weight is 385 g/mol. The number of hydrogen-bond acceptors (Lipinski definition) is 3. The van der Waals surface area contributed by atoms with E-state index in [0.717, 1.165) is 25.0 Å². The minimum atomic E-state index is -1.63. The molecular weight excluding hydrogens is 367 g/mol. The van der Waals surface area contributed by atoms with Crippen molar-refractivity contribution in [2.45, 2.75) is 12.8 Å². The molecule has 144 valence electrons. The first-order valence-electron chi connectivity index (χ1n) is 8.73. The number of carbonyl (C=O) groups is 1. The van der Waals surface area contributed by atoms with Crippen LogP contribution in [0.3, 0.4) is 0 Å². The van der Waals surface area contributed by atoms with Crippen LogP contribution < -0.4 is 10.6 Å². The molecule has 0 bridgehead atoms. The second kappa shape index (κ2) is 9.03. The van der Waals surface area contributed by atoms with Gasteiger partial charge in [0.25, 0.3) is 5.91 Å². The molecule has 0 spiro atoms. The van der Waals surface area contributed by atoms with E-state index in [0.29, 0.717) is 12.4 Å². The van der Waals surface area contributed by atoms with Gasteiger partial charge in [-0.2, -0.15) is 0 Å². The molecule has 3 aromatic rings. The fraction of sp³-hybridized carbons (Fsp3) is 0.143. The topological polar surface area (TPSA) is 54.0 Å². The van der Waals surface area contributed by atoms with Crippen LogP contribution in [-0.2, 0) is 6.42 Å². The van der Waals surface area contributed by atoms with E-state index in [4.69, 9.17) is 0 Å². The maximum absolute atomic E-state index is 13.7. The van der Waals surface area contributed by atoms with Crippen LogP contribution in [-0.4, -0.2) is 17.4 Å². The van der Waals surface area contributed by atoms with Crippen LogP contribution >= 0.6 is 0 Å². The Bertz CT molecular complexity index is 964. The molecule has 1 amide bonds. The highest BCUT2D eigenvalue weighted by molar-refractivity contribution is 6.04. The van der Waals surface area contributed by atoms with Crippen LogP contribution in [0.15, 0.2) is 60.8 Å². The molecular formula is C21H18F3N3O. The van der Waals surface area contributed by atoms with Crippen molar-refractivity contribution in [1.29, 1.82) is 0 Å². The lowest BCUT2D eigenvalue weighted by Gasteiger charge is -2.09. The van der Waals surface area contributed by atoms with Crippen molar-refractivity contribution in [1.82, 2.24) is 4.98 Å². The Morgan fingerprint density at radius 3 is 2.54 bits per heavy atom. The Balaban J connectivity index is 1.58. The maximum Gasteiger partial charge on any atom is 0.255 e. The fourth-order valence-electron chi connectivity index (χ4n) is 2.64. The van der Waals surface area contributed by atoms with E-state index in [9.17, 15) is 18.0 Å². The lowest BCUT2D eigenvalue weighted by atomic mass is 10.1. The van der Waals surface area contributed by atoms with Gasteiger partial charge in [-0.1, -0.05) is 30.3 Å². The molecule has 0 fully saturated rings. The summed E-state index contributed by atoms with van der Waals surface area (Å²) in [5.74, 6) is -4.55. The SMILES string of the molecule is O=C(Nc1ccc(F)c(F)c1F)c1ccnc(NCCCc2ccccc2)c1. The van der Waals surface area contributed by atoms with Crippen molar-refractivity contribution in [2.75, 3.05) is 17.2 Å². The van der Waals surface area contributed by atoms with Gasteiger partial charge in [0.15, 0.2) is 17.5 Å². The lowest BCUT2D eigenvalue weighted by Crippen LogP contribution is -2.15. The molecule has 2 aromatic carbocycles. The van der Waals surface area contributed by atoms with Gasteiger partial charge in [-0.3, -0.25) is 4.79 Å². The van der Waals surface area contributed by atoms with Crippen LogP contribution in [0.2, 0.25) is 0 Å². The van der Waals surface area contributed by atoms with Crippen molar-refractivity contribution >= 4 is 17.4 Å². The first kappa shape index (κ1) is 19.4. The van der Waals surface area contributed by atoms with E-state index in [1.165, 1.54) is 23.9 Å². The third-order valence-corrected chi connectivity index (χ3v) is 4.10. The van der Waals surface area contributed by atoms with Crippen molar-refractivity contribution in [3.63, 3.8) is 0 Å². The molecule has 0 saturated heterocycles. The summed E-state index contributed by atoms with van der Waals surface area (Å²) in [5, 5.41) is 5.36. The number of rotatable bonds is 7. The first-order valence-corrected chi connectivity index (χ1v) is 8.73. The highest BCUT2D eigenvalue weighted by Crippen LogP contribution is 2.20. The third-order valence-electron chi connectivity index (χ3n) is 4.10. The Kier molecular flexibility index (Phi) is 6.26. The van der Waals surface area contributed by atoms with Gasteiger partial charge in [0, 0.05) is 18.3 Å². The number of amides is 1. The molecule has 3 rings (SSSR count). The van der Waals surface area contributed by atoms with Gasteiger partial charge >= 0.3 is 0 Å². The van der Waals surface area contributed by atoms with E-state index in [1.807, 2.05) is 18.2 Å². The van der Waals surface area contributed by atoms with Gasteiger partial charge in [0.2, 0.25) is 0 Å².